The van der Waals surface area contributed by atoms with Crippen LogP contribution in [0.5, 0.6) is 0 Å². The average Bonchev–Trinajstić information content (AvgIpc) is 3.51. The van der Waals surface area contributed by atoms with E-state index in [9.17, 15) is 9.59 Å². The summed E-state index contributed by atoms with van der Waals surface area (Å²) in [6, 6.07) is 16.9. The molecule has 2 heterocycles. The highest BCUT2D eigenvalue weighted by Gasteiger charge is 2.38. The molecule has 0 saturated carbocycles. The zero-order valence-electron chi connectivity index (χ0n) is 18.7. The summed E-state index contributed by atoms with van der Waals surface area (Å²) in [5, 5.41) is 7.98. The Hall–Kier alpha value is -4.05. The van der Waals surface area contributed by atoms with Crippen LogP contribution < -0.4 is 5.73 Å². The molecule has 0 spiro atoms. The molecule has 10 heteroatoms. The summed E-state index contributed by atoms with van der Waals surface area (Å²) in [7, 11) is 1.46. The highest BCUT2D eigenvalue weighted by Crippen LogP contribution is 2.32. The molecule has 1 aromatic heterocycles. The van der Waals surface area contributed by atoms with Gasteiger partial charge in [0.25, 0.3) is 5.91 Å². The number of aromatic nitrogens is 2. The first-order valence-corrected chi connectivity index (χ1v) is 10.8. The molecule has 1 aliphatic heterocycles. The Kier molecular flexibility index (Phi) is 7.28. The van der Waals surface area contributed by atoms with Crippen LogP contribution in [0.4, 0.5) is 0 Å². The van der Waals surface area contributed by atoms with Crippen LogP contribution in [0.25, 0.3) is 11.1 Å². The molecular formula is C24H25N5O5. The summed E-state index contributed by atoms with van der Waals surface area (Å²) in [5.74, 6) is -0.0233. The Balaban J connectivity index is 1.51. The quantitative estimate of drug-likeness (QED) is 0.398. The number of likely N-dealkylation sites (tertiary alicyclic amines) is 1. The van der Waals surface area contributed by atoms with Gasteiger partial charge in [-0.3, -0.25) is 9.59 Å². The van der Waals surface area contributed by atoms with Crippen molar-refractivity contribution in [2.45, 2.75) is 18.9 Å². The number of nitrogens with zero attached hydrogens (tertiary/aromatic N) is 4. The van der Waals surface area contributed by atoms with Crippen LogP contribution in [-0.4, -0.2) is 59.4 Å². The highest BCUT2D eigenvalue weighted by atomic mass is 16.6. The van der Waals surface area contributed by atoms with Crippen molar-refractivity contribution in [1.29, 1.82) is 0 Å². The van der Waals surface area contributed by atoms with Crippen LogP contribution in [0.1, 0.15) is 34.5 Å². The fraction of sp³-hybridized carbons (Fsp3) is 0.292. The van der Waals surface area contributed by atoms with Gasteiger partial charge < -0.3 is 24.7 Å². The molecule has 1 saturated heterocycles. The predicted molar refractivity (Wildman–Crippen MR) is 123 cm³/mol. The molecule has 1 unspecified atom stereocenters. The van der Waals surface area contributed by atoms with Crippen molar-refractivity contribution < 1.29 is 23.7 Å². The minimum absolute atomic E-state index is 0.0897. The molecule has 3 aromatic rings. The van der Waals surface area contributed by atoms with Crippen molar-refractivity contribution in [2.24, 2.45) is 10.9 Å². The predicted octanol–water partition coefficient (Wildman–Crippen LogP) is 2.37. The smallest absolute Gasteiger partial charge is 0.319 e. The van der Waals surface area contributed by atoms with E-state index in [1.165, 1.54) is 7.11 Å². The Morgan fingerprint density at radius 2 is 1.88 bits per heavy atom. The molecule has 1 aliphatic rings. The number of oxime groups is 1. The minimum Gasteiger partial charge on any atom is -0.464 e. The van der Waals surface area contributed by atoms with Crippen molar-refractivity contribution in [3.63, 3.8) is 0 Å². The van der Waals surface area contributed by atoms with E-state index < -0.39 is 12.0 Å². The summed E-state index contributed by atoms with van der Waals surface area (Å²) in [4.78, 5) is 35.5. The van der Waals surface area contributed by atoms with Gasteiger partial charge in [0.2, 0.25) is 5.89 Å². The molecule has 1 atom stereocenters. The van der Waals surface area contributed by atoms with Gasteiger partial charge >= 0.3 is 5.97 Å². The fourth-order valence-corrected chi connectivity index (χ4v) is 3.76. The molecule has 34 heavy (non-hydrogen) atoms. The molecule has 2 aromatic carbocycles. The van der Waals surface area contributed by atoms with Gasteiger partial charge in [0.1, 0.15) is 13.2 Å². The number of benzene rings is 2. The first kappa shape index (κ1) is 23.1. The molecule has 2 N–H and O–H groups in total. The number of rotatable bonds is 8. The molecular weight excluding hydrogens is 438 g/mol. The van der Waals surface area contributed by atoms with Crippen molar-refractivity contribution in [1.82, 2.24) is 15.0 Å². The summed E-state index contributed by atoms with van der Waals surface area (Å²) in [5.41, 5.74) is 8.55. The van der Waals surface area contributed by atoms with Gasteiger partial charge in [0.15, 0.2) is 5.82 Å². The number of carbonyl (C=O) groups is 2. The summed E-state index contributed by atoms with van der Waals surface area (Å²) in [6.07, 6.45) is 0.682. The second-order valence-electron chi connectivity index (χ2n) is 7.66. The number of ether oxygens (including phenoxy) is 1. The van der Waals surface area contributed by atoms with E-state index in [1.807, 2.05) is 42.5 Å². The van der Waals surface area contributed by atoms with Crippen LogP contribution in [0.3, 0.4) is 0 Å². The van der Waals surface area contributed by atoms with Gasteiger partial charge in [-0.15, -0.1) is 0 Å². The summed E-state index contributed by atoms with van der Waals surface area (Å²) < 4.78 is 10.4. The molecule has 1 amide bonds. The van der Waals surface area contributed by atoms with Gasteiger partial charge in [-0.1, -0.05) is 52.8 Å². The van der Waals surface area contributed by atoms with E-state index in [0.717, 1.165) is 11.1 Å². The lowest BCUT2D eigenvalue weighted by molar-refractivity contribution is -0.141. The van der Waals surface area contributed by atoms with E-state index in [0.29, 0.717) is 23.5 Å². The van der Waals surface area contributed by atoms with Crippen molar-refractivity contribution in [2.75, 3.05) is 26.8 Å². The maximum Gasteiger partial charge on any atom is 0.319 e. The molecule has 176 valence electrons. The first-order chi connectivity index (χ1) is 16.6. The highest BCUT2D eigenvalue weighted by molar-refractivity contribution is 6.00. The van der Waals surface area contributed by atoms with Crippen LogP contribution >= 0.6 is 0 Å². The standard InChI is InChI=1S/C24H25N5O5/c1-32-27-19-13-20(23-26-21(28-34-23)11-12-33-22(30)14-25)29(15-19)24(31)18-9-7-17(8-10-18)16-5-3-2-4-6-16/h2-10,20H,11-15,25H2,1H3/b27-19+. The van der Waals surface area contributed by atoms with Crippen LogP contribution in [0, 0.1) is 0 Å². The molecule has 0 bridgehead atoms. The summed E-state index contributed by atoms with van der Waals surface area (Å²) in [6.45, 7) is 0.181. The Bertz CT molecular complexity index is 1160. The average molecular weight is 463 g/mol. The number of esters is 1. The third-order valence-electron chi connectivity index (χ3n) is 5.40. The van der Waals surface area contributed by atoms with E-state index in [4.69, 9.17) is 19.8 Å². The zero-order chi connectivity index (χ0) is 23.9. The number of hydrogen-bond acceptors (Lipinski definition) is 9. The lowest BCUT2D eigenvalue weighted by Gasteiger charge is -2.21. The van der Waals surface area contributed by atoms with Gasteiger partial charge in [-0.05, 0) is 23.3 Å². The van der Waals surface area contributed by atoms with Crippen LogP contribution in [0.2, 0.25) is 0 Å². The maximum absolute atomic E-state index is 13.4. The topological polar surface area (TPSA) is 133 Å². The Morgan fingerprint density at radius 3 is 2.59 bits per heavy atom. The van der Waals surface area contributed by atoms with Gasteiger partial charge in [-0.2, -0.15) is 4.98 Å². The van der Waals surface area contributed by atoms with Crippen LogP contribution in [0.15, 0.2) is 64.3 Å². The molecule has 10 nitrogen and oxygen atoms in total. The second kappa shape index (κ2) is 10.7. The fourth-order valence-electron chi connectivity index (χ4n) is 3.76. The van der Waals surface area contributed by atoms with E-state index in [1.54, 1.807) is 17.0 Å². The molecule has 1 fully saturated rings. The molecule has 4 rings (SSSR count). The van der Waals surface area contributed by atoms with Crippen molar-refractivity contribution >= 4 is 17.6 Å². The number of hydrogen-bond donors (Lipinski definition) is 1. The number of nitrogens with two attached hydrogens (primary N) is 1. The maximum atomic E-state index is 13.4. The third-order valence-corrected chi connectivity index (χ3v) is 5.40. The monoisotopic (exact) mass is 463 g/mol. The summed E-state index contributed by atoms with van der Waals surface area (Å²) >= 11 is 0. The zero-order valence-corrected chi connectivity index (χ0v) is 18.7. The lowest BCUT2D eigenvalue weighted by atomic mass is 10.0. The number of carbonyl (C=O) groups excluding carboxylic acids is 2. The van der Waals surface area contributed by atoms with Gasteiger partial charge in [-0.25, -0.2) is 0 Å². The largest absolute Gasteiger partial charge is 0.464 e. The molecule has 0 radical (unpaired) electrons. The van der Waals surface area contributed by atoms with Gasteiger partial charge in [0.05, 0.1) is 25.4 Å². The first-order valence-electron chi connectivity index (χ1n) is 10.8. The van der Waals surface area contributed by atoms with Crippen molar-refractivity contribution in [3.05, 3.63) is 71.9 Å². The van der Waals surface area contributed by atoms with Crippen LogP contribution in [-0.2, 0) is 20.8 Å². The number of amides is 1. The normalized spacial score (nSPS) is 16.6. The third kappa shape index (κ3) is 5.29. The SMILES string of the molecule is CO/N=C1\CC(c2nc(CCOC(=O)CN)no2)N(C(=O)c2ccc(-c3ccccc3)cc2)C1. The van der Waals surface area contributed by atoms with Crippen molar-refractivity contribution in [3.8, 4) is 11.1 Å². The Morgan fingerprint density at radius 1 is 1.15 bits per heavy atom. The second-order valence-corrected chi connectivity index (χ2v) is 7.66. The lowest BCUT2D eigenvalue weighted by Crippen LogP contribution is -2.31. The van der Waals surface area contributed by atoms with E-state index in [-0.39, 0.29) is 37.9 Å². The van der Waals surface area contributed by atoms with E-state index >= 15 is 0 Å². The molecule has 0 aliphatic carbocycles. The van der Waals surface area contributed by atoms with E-state index in [2.05, 4.69) is 15.3 Å². The Labute approximate surface area is 196 Å². The minimum atomic E-state index is -0.505. The van der Waals surface area contributed by atoms with Gasteiger partial charge in [0, 0.05) is 18.4 Å².